The molecule has 0 unspecified atom stereocenters. The van der Waals surface area contributed by atoms with Crippen molar-refractivity contribution in [3.63, 3.8) is 0 Å². The third-order valence-electron chi connectivity index (χ3n) is 2.71. The Morgan fingerprint density at radius 2 is 1.78 bits per heavy atom. The number of halogens is 4. The van der Waals surface area contributed by atoms with Gasteiger partial charge in [0.05, 0.1) is 17.5 Å². The number of hydrogen-bond donors (Lipinski definition) is 2. The molecular weight excluding hydrogens is 331 g/mol. The Morgan fingerprint density at radius 1 is 1.13 bits per heavy atom. The summed E-state index contributed by atoms with van der Waals surface area (Å²) in [6.07, 6.45) is -3.09. The summed E-state index contributed by atoms with van der Waals surface area (Å²) in [6.45, 7) is 0. The molecule has 0 bridgehead atoms. The Labute approximate surface area is 134 Å². The largest absolute Gasteiger partial charge is 0.416 e. The van der Waals surface area contributed by atoms with Gasteiger partial charge in [0.1, 0.15) is 5.15 Å². The summed E-state index contributed by atoms with van der Waals surface area (Å²) in [5.41, 5.74) is 10.7. The van der Waals surface area contributed by atoms with Crippen LogP contribution in [0.25, 0.3) is 11.3 Å². The maximum absolute atomic E-state index is 12.8. The van der Waals surface area contributed by atoms with E-state index in [2.05, 4.69) is 15.2 Å². The number of pyridine rings is 1. The van der Waals surface area contributed by atoms with Gasteiger partial charge >= 0.3 is 6.18 Å². The molecule has 0 radical (unpaired) electrons. The van der Waals surface area contributed by atoms with E-state index >= 15 is 0 Å². The summed E-state index contributed by atoms with van der Waals surface area (Å²) in [5.74, 6) is -0.180. The first kappa shape index (κ1) is 16.8. The average molecular weight is 342 g/mol. The summed E-state index contributed by atoms with van der Waals surface area (Å²) in [5, 5.41) is 6.84. The summed E-state index contributed by atoms with van der Waals surface area (Å²) in [4.78, 5) is 3.91. The van der Waals surface area contributed by atoms with E-state index in [4.69, 9.17) is 23.1 Å². The van der Waals surface area contributed by atoms with Gasteiger partial charge in [-0.15, -0.1) is 5.10 Å². The van der Waals surface area contributed by atoms with E-state index in [1.54, 1.807) is 24.3 Å². The highest BCUT2D eigenvalue weighted by Gasteiger charge is 2.31. The van der Waals surface area contributed by atoms with Crippen LogP contribution in [0.1, 0.15) is 11.1 Å². The zero-order chi connectivity index (χ0) is 17.0. The minimum atomic E-state index is -4.49. The summed E-state index contributed by atoms with van der Waals surface area (Å²) in [6, 6.07) is 8.18. The van der Waals surface area contributed by atoms with Crippen molar-refractivity contribution >= 4 is 23.8 Å². The van der Waals surface area contributed by atoms with E-state index in [9.17, 15) is 13.2 Å². The van der Waals surface area contributed by atoms with Gasteiger partial charge in [-0.05, 0) is 17.7 Å². The Hall–Kier alpha value is -2.61. The first-order valence-corrected chi connectivity index (χ1v) is 6.61. The highest BCUT2D eigenvalue weighted by Crippen LogP contribution is 2.33. The SMILES string of the molecule is NC(N)=NN=Cc1ccc(-c2cc(C(F)(F)F)cc(Cl)n2)cc1. The number of benzene rings is 1. The van der Waals surface area contributed by atoms with Crippen molar-refractivity contribution in [2.75, 3.05) is 0 Å². The standard InChI is InChI=1S/C14H11ClF3N5/c15-12-6-10(14(16,17)18)5-11(22-12)9-3-1-8(2-4-9)7-21-23-13(19)20/h1-7H,(H4,19,20,23). The molecule has 120 valence electrons. The van der Waals surface area contributed by atoms with Crippen molar-refractivity contribution in [1.82, 2.24) is 4.98 Å². The summed E-state index contributed by atoms with van der Waals surface area (Å²) >= 11 is 5.66. The van der Waals surface area contributed by atoms with Gasteiger partial charge in [0, 0.05) is 5.56 Å². The lowest BCUT2D eigenvalue weighted by Crippen LogP contribution is -2.21. The van der Waals surface area contributed by atoms with Crippen LogP contribution in [0.4, 0.5) is 13.2 Å². The number of alkyl halides is 3. The van der Waals surface area contributed by atoms with Crippen LogP contribution < -0.4 is 11.5 Å². The molecule has 0 fully saturated rings. The lowest BCUT2D eigenvalue weighted by Gasteiger charge is -2.09. The molecule has 2 rings (SSSR count). The molecule has 2 aromatic rings. The number of rotatable bonds is 3. The minimum Gasteiger partial charge on any atom is -0.369 e. The van der Waals surface area contributed by atoms with Gasteiger partial charge in [-0.3, -0.25) is 0 Å². The normalized spacial score (nSPS) is 11.7. The smallest absolute Gasteiger partial charge is 0.369 e. The molecule has 0 saturated carbocycles. The average Bonchev–Trinajstić information content (AvgIpc) is 2.46. The monoisotopic (exact) mass is 341 g/mol. The van der Waals surface area contributed by atoms with Gasteiger partial charge in [0.2, 0.25) is 5.96 Å². The van der Waals surface area contributed by atoms with Crippen LogP contribution in [0.2, 0.25) is 5.15 Å². The van der Waals surface area contributed by atoms with Gasteiger partial charge in [-0.1, -0.05) is 35.9 Å². The Kier molecular flexibility index (Phi) is 4.85. The lowest BCUT2D eigenvalue weighted by molar-refractivity contribution is -0.137. The van der Waals surface area contributed by atoms with Crippen molar-refractivity contribution in [3.8, 4) is 11.3 Å². The fourth-order valence-corrected chi connectivity index (χ4v) is 1.92. The molecule has 0 amide bonds. The fourth-order valence-electron chi connectivity index (χ4n) is 1.71. The first-order valence-electron chi connectivity index (χ1n) is 6.23. The molecule has 4 N–H and O–H groups in total. The molecule has 9 heteroatoms. The van der Waals surface area contributed by atoms with Gasteiger partial charge < -0.3 is 11.5 Å². The highest BCUT2D eigenvalue weighted by molar-refractivity contribution is 6.29. The van der Waals surface area contributed by atoms with Gasteiger partial charge in [-0.2, -0.15) is 18.3 Å². The number of nitrogens with zero attached hydrogens (tertiary/aromatic N) is 3. The van der Waals surface area contributed by atoms with Crippen LogP contribution in [0.3, 0.4) is 0 Å². The quantitative estimate of drug-likeness (QED) is 0.389. The van der Waals surface area contributed by atoms with Crippen LogP contribution in [0.5, 0.6) is 0 Å². The fraction of sp³-hybridized carbons (Fsp3) is 0.0714. The molecule has 5 nitrogen and oxygen atoms in total. The number of aromatic nitrogens is 1. The second-order valence-corrected chi connectivity index (χ2v) is 4.84. The topological polar surface area (TPSA) is 89.7 Å². The van der Waals surface area contributed by atoms with E-state index in [-0.39, 0.29) is 16.8 Å². The molecule has 0 atom stereocenters. The summed E-state index contributed by atoms with van der Waals surface area (Å²) < 4.78 is 38.4. The third kappa shape index (κ3) is 4.68. The molecule has 0 spiro atoms. The number of hydrogen-bond acceptors (Lipinski definition) is 3. The van der Waals surface area contributed by atoms with E-state index < -0.39 is 11.7 Å². The number of guanidine groups is 1. The second kappa shape index (κ2) is 6.66. The van der Waals surface area contributed by atoms with Crippen LogP contribution >= 0.6 is 11.6 Å². The van der Waals surface area contributed by atoms with Crippen LogP contribution in [-0.2, 0) is 6.18 Å². The highest BCUT2D eigenvalue weighted by atomic mass is 35.5. The lowest BCUT2D eigenvalue weighted by atomic mass is 10.1. The molecule has 0 aliphatic rings. The molecular formula is C14H11ClF3N5. The van der Waals surface area contributed by atoms with E-state index in [1.807, 2.05) is 0 Å². The predicted molar refractivity (Wildman–Crippen MR) is 83.1 cm³/mol. The Bertz CT molecular complexity index is 750. The van der Waals surface area contributed by atoms with E-state index in [0.29, 0.717) is 11.1 Å². The molecule has 23 heavy (non-hydrogen) atoms. The van der Waals surface area contributed by atoms with Crippen molar-refractivity contribution in [3.05, 3.63) is 52.7 Å². The van der Waals surface area contributed by atoms with Crippen molar-refractivity contribution in [1.29, 1.82) is 0 Å². The maximum atomic E-state index is 12.8. The molecule has 0 aliphatic heterocycles. The zero-order valence-electron chi connectivity index (χ0n) is 11.5. The van der Waals surface area contributed by atoms with Gasteiger partial charge in [0.15, 0.2) is 0 Å². The van der Waals surface area contributed by atoms with Crippen molar-refractivity contribution < 1.29 is 13.2 Å². The van der Waals surface area contributed by atoms with Gasteiger partial charge in [0.25, 0.3) is 0 Å². The predicted octanol–water partition coefficient (Wildman–Crippen LogP) is 3.03. The molecule has 0 aliphatic carbocycles. The van der Waals surface area contributed by atoms with Crippen molar-refractivity contribution in [2.45, 2.75) is 6.18 Å². The van der Waals surface area contributed by atoms with Crippen LogP contribution in [0.15, 0.2) is 46.6 Å². The Morgan fingerprint density at radius 3 is 2.35 bits per heavy atom. The third-order valence-corrected chi connectivity index (χ3v) is 2.90. The molecule has 1 aromatic carbocycles. The Balaban J connectivity index is 2.31. The minimum absolute atomic E-state index is 0.123. The van der Waals surface area contributed by atoms with E-state index in [1.165, 1.54) is 6.21 Å². The first-order chi connectivity index (χ1) is 10.8. The molecule has 1 heterocycles. The van der Waals surface area contributed by atoms with Crippen LogP contribution in [0, 0.1) is 0 Å². The van der Waals surface area contributed by atoms with Gasteiger partial charge in [-0.25, -0.2) is 4.98 Å². The van der Waals surface area contributed by atoms with Crippen LogP contribution in [-0.4, -0.2) is 17.2 Å². The summed E-state index contributed by atoms with van der Waals surface area (Å²) in [7, 11) is 0. The molecule has 0 saturated heterocycles. The molecule has 1 aromatic heterocycles. The van der Waals surface area contributed by atoms with E-state index in [0.717, 1.165) is 12.1 Å². The van der Waals surface area contributed by atoms with Crippen molar-refractivity contribution in [2.24, 2.45) is 21.7 Å². The zero-order valence-corrected chi connectivity index (χ0v) is 12.3. The second-order valence-electron chi connectivity index (χ2n) is 4.45. The maximum Gasteiger partial charge on any atom is 0.416 e. The number of nitrogens with two attached hydrogens (primary N) is 2.